The molecule has 1 heterocycles. The number of rotatable bonds is 4. The van der Waals surface area contributed by atoms with Crippen molar-refractivity contribution in [3.63, 3.8) is 0 Å². The number of carbonyl (C=O) groups is 2. The first kappa shape index (κ1) is 16.5. The number of ether oxygens (including phenoxy) is 1. The van der Waals surface area contributed by atoms with Crippen molar-refractivity contribution >= 4 is 23.2 Å². The second-order valence-electron chi connectivity index (χ2n) is 5.82. The number of benzene rings is 2. The van der Waals surface area contributed by atoms with Gasteiger partial charge in [0.15, 0.2) is 11.6 Å². The van der Waals surface area contributed by atoms with E-state index in [-0.39, 0.29) is 11.6 Å². The molecule has 3 rings (SSSR count). The van der Waals surface area contributed by atoms with Crippen molar-refractivity contribution in [2.24, 2.45) is 5.92 Å². The summed E-state index contributed by atoms with van der Waals surface area (Å²) in [6, 6.07) is 16.2. The highest BCUT2D eigenvalue weighted by Gasteiger charge is 2.43. The van der Waals surface area contributed by atoms with Gasteiger partial charge in [0, 0.05) is 16.2 Å². The smallest absolute Gasteiger partial charge is 0.174 e. The first-order valence-corrected chi connectivity index (χ1v) is 8.10. The zero-order chi connectivity index (χ0) is 17.3. The van der Waals surface area contributed by atoms with Crippen LogP contribution in [0.1, 0.15) is 35.9 Å². The van der Waals surface area contributed by atoms with E-state index >= 15 is 0 Å². The Morgan fingerprint density at radius 2 is 1.62 bits per heavy atom. The van der Waals surface area contributed by atoms with E-state index in [9.17, 15) is 9.59 Å². The molecule has 0 fully saturated rings. The van der Waals surface area contributed by atoms with Crippen molar-refractivity contribution in [2.45, 2.75) is 20.0 Å². The summed E-state index contributed by atoms with van der Waals surface area (Å²) >= 11 is 5.95. The molecule has 3 nitrogen and oxygen atoms in total. The molecule has 2 aromatic carbocycles. The average molecular weight is 341 g/mol. The minimum Gasteiger partial charge on any atom is -0.489 e. The average Bonchev–Trinajstić information content (AvgIpc) is 2.93. The zero-order valence-corrected chi connectivity index (χ0v) is 14.2. The molecule has 0 aromatic heterocycles. The van der Waals surface area contributed by atoms with Gasteiger partial charge in [0.1, 0.15) is 11.9 Å². The van der Waals surface area contributed by atoms with Gasteiger partial charge in [-0.2, -0.15) is 0 Å². The fraction of sp³-hybridized carbons (Fsp3) is 0.200. The third-order valence-corrected chi connectivity index (χ3v) is 4.47. The molecule has 0 bridgehead atoms. The lowest BCUT2D eigenvalue weighted by Crippen LogP contribution is -2.24. The summed E-state index contributed by atoms with van der Waals surface area (Å²) in [5, 5.41) is 0.610. The van der Waals surface area contributed by atoms with Gasteiger partial charge >= 0.3 is 0 Å². The van der Waals surface area contributed by atoms with Crippen LogP contribution >= 0.6 is 11.6 Å². The van der Waals surface area contributed by atoms with Crippen molar-refractivity contribution in [2.75, 3.05) is 0 Å². The molecule has 0 amide bonds. The number of hydrogen-bond acceptors (Lipinski definition) is 3. The number of ketones is 2. The number of allylic oxidation sites excluding steroid dienone is 1. The van der Waals surface area contributed by atoms with E-state index < -0.39 is 12.0 Å². The molecule has 24 heavy (non-hydrogen) atoms. The van der Waals surface area contributed by atoms with Gasteiger partial charge in [0.2, 0.25) is 0 Å². The number of Topliss-reactive ketones (excluding diaryl/α,β-unsaturated/α-hetero) is 2. The Balaban J connectivity index is 2.05. The third kappa shape index (κ3) is 3.00. The monoisotopic (exact) mass is 340 g/mol. The molecule has 4 heteroatoms. The SMILES string of the molecule is CC(=O)C1=C(C)O[C@H](c2ccc(Cl)cc2)[C@@H]1C(=O)c1ccccc1. The zero-order valence-electron chi connectivity index (χ0n) is 13.5. The largest absolute Gasteiger partial charge is 0.489 e. The number of halogens is 1. The predicted molar refractivity (Wildman–Crippen MR) is 92.9 cm³/mol. The quantitative estimate of drug-likeness (QED) is 0.753. The molecule has 0 N–H and O–H groups in total. The predicted octanol–water partition coefficient (Wildman–Crippen LogP) is 4.77. The van der Waals surface area contributed by atoms with Crippen LogP contribution in [0.5, 0.6) is 0 Å². The van der Waals surface area contributed by atoms with Gasteiger partial charge in [-0.15, -0.1) is 0 Å². The van der Waals surface area contributed by atoms with Gasteiger partial charge in [0.25, 0.3) is 0 Å². The third-order valence-electron chi connectivity index (χ3n) is 4.22. The maximum absolute atomic E-state index is 13.1. The van der Waals surface area contributed by atoms with Crippen LogP contribution < -0.4 is 0 Å². The highest BCUT2D eigenvalue weighted by Crippen LogP contribution is 2.43. The molecule has 2 atom stereocenters. The second kappa shape index (κ2) is 6.62. The summed E-state index contributed by atoms with van der Waals surface area (Å²) in [6.45, 7) is 3.20. The molecular weight excluding hydrogens is 324 g/mol. The number of hydrogen-bond donors (Lipinski definition) is 0. The molecule has 122 valence electrons. The van der Waals surface area contributed by atoms with E-state index in [0.717, 1.165) is 5.56 Å². The molecule has 0 radical (unpaired) electrons. The lowest BCUT2D eigenvalue weighted by molar-refractivity contribution is -0.114. The van der Waals surface area contributed by atoms with E-state index in [4.69, 9.17) is 16.3 Å². The van der Waals surface area contributed by atoms with Crippen LogP contribution in [0.2, 0.25) is 5.02 Å². The minimum absolute atomic E-state index is 0.113. The fourth-order valence-electron chi connectivity index (χ4n) is 3.12. The Hall–Kier alpha value is -2.39. The van der Waals surface area contributed by atoms with Gasteiger partial charge in [-0.05, 0) is 31.5 Å². The molecule has 2 aromatic rings. The Bertz CT molecular complexity index is 807. The molecular formula is C20H17ClO3. The molecule has 0 saturated carbocycles. The fourth-order valence-corrected chi connectivity index (χ4v) is 3.25. The Morgan fingerprint density at radius 1 is 1.00 bits per heavy atom. The van der Waals surface area contributed by atoms with Crippen LogP contribution in [0.3, 0.4) is 0 Å². The molecule has 1 aliphatic rings. The minimum atomic E-state index is -0.647. The summed E-state index contributed by atoms with van der Waals surface area (Å²) in [4.78, 5) is 25.2. The number of carbonyl (C=O) groups excluding carboxylic acids is 2. The highest BCUT2D eigenvalue weighted by molar-refractivity contribution is 6.30. The lowest BCUT2D eigenvalue weighted by atomic mass is 9.83. The van der Waals surface area contributed by atoms with E-state index in [1.807, 2.05) is 30.3 Å². The van der Waals surface area contributed by atoms with Crippen LogP contribution in [-0.4, -0.2) is 11.6 Å². The topological polar surface area (TPSA) is 43.4 Å². The Labute approximate surface area is 145 Å². The standard InChI is InChI=1S/C20H17ClO3/c1-12(22)17-13(2)24-20(15-8-10-16(21)11-9-15)18(17)19(23)14-6-4-3-5-7-14/h3-11,18,20H,1-2H3/t18-,20+/m0/s1. The van der Waals surface area contributed by atoms with Gasteiger partial charge in [-0.3, -0.25) is 9.59 Å². The first-order valence-electron chi connectivity index (χ1n) is 7.72. The van der Waals surface area contributed by atoms with E-state index in [1.165, 1.54) is 6.92 Å². The maximum Gasteiger partial charge on any atom is 0.174 e. The highest BCUT2D eigenvalue weighted by atomic mass is 35.5. The van der Waals surface area contributed by atoms with Crippen LogP contribution in [0.25, 0.3) is 0 Å². The summed E-state index contributed by atoms with van der Waals surface area (Å²) in [6.07, 6.45) is -0.520. The van der Waals surface area contributed by atoms with Gasteiger partial charge in [-0.1, -0.05) is 54.1 Å². The van der Waals surface area contributed by atoms with Crippen molar-refractivity contribution in [1.29, 1.82) is 0 Å². The van der Waals surface area contributed by atoms with E-state index in [1.54, 1.807) is 31.2 Å². The van der Waals surface area contributed by atoms with E-state index in [0.29, 0.717) is 21.9 Å². The van der Waals surface area contributed by atoms with Crippen LogP contribution in [0.15, 0.2) is 65.9 Å². The molecule has 1 aliphatic heterocycles. The van der Waals surface area contributed by atoms with Crippen LogP contribution in [0.4, 0.5) is 0 Å². The second-order valence-corrected chi connectivity index (χ2v) is 6.26. The first-order chi connectivity index (χ1) is 11.5. The van der Waals surface area contributed by atoms with E-state index in [2.05, 4.69) is 0 Å². The van der Waals surface area contributed by atoms with Crippen LogP contribution in [-0.2, 0) is 9.53 Å². The summed E-state index contributed by atoms with van der Waals surface area (Å²) in [7, 11) is 0. The van der Waals surface area contributed by atoms with Crippen molar-refractivity contribution in [3.8, 4) is 0 Å². The lowest BCUT2D eigenvalue weighted by Gasteiger charge is -2.20. The molecule has 0 saturated heterocycles. The van der Waals surface area contributed by atoms with Gasteiger partial charge in [0.05, 0.1) is 5.92 Å². The molecule has 0 aliphatic carbocycles. The normalized spacial score (nSPS) is 20.0. The van der Waals surface area contributed by atoms with Crippen molar-refractivity contribution < 1.29 is 14.3 Å². The Kier molecular flexibility index (Phi) is 4.54. The molecule has 0 spiro atoms. The molecule has 0 unspecified atom stereocenters. The summed E-state index contributed by atoms with van der Waals surface area (Å²) in [5.74, 6) is -0.390. The summed E-state index contributed by atoms with van der Waals surface area (Å²) < 4.78 is 5.91. The Morgan fingerprint density at radius 3 is 2.21 bits per heavy atom. The van der Waals surface area contributed by atoms with Crippen LogP contribution in [0, 0.1) is 5.92 Å². The van der Waals surface area contributed by atoms with Crippen molar-refractivity contribution in [3.05, 3.63) is 82.1 Å². The van der Waals surface area contributed by atoms with Gasteiger partial charge in [-0.25, -0.2) is 0 Å². The maximum atomic E-state index is 13.1. The van der Waals surface area contributed by atoms with Crippen molar-refractivity contribution in [1.82, 2.24) is 0 Å². The van der Waals surface area contributed by atoms with Gasteiger partial charge < -0.3 is 4.74 Å². The summed E-state index contributed by atoms with van der Waals surface area (Å²) in [5.41, 5.74) is 1.84.